The van der Waals surface area contributed by atoms with Gasteiger partial charge in [0.05, 0.1) is 16.0 Å². The van der Waals surface area contributed by atoms with E-state index in [1.807, 2.05) is 6.92 Å². The van der Waals surface area contributed by atoms with Crippen molar-refractivity contribution in [2.45, 2.75) is 24.8 Å². The Morgan fingerprint density at radius 3 is 2.58 bits per heavy atom. The molecule has 0 aliphatic carbocycles. The Hall–Kier alpha value is -0.630. The molecule has 19 heavy (non-hydrogen) atoms. The minimum Gasteiger partial charge on any atom is -0.493 e. The third-order valence-electron chi connectivity index (χ3n) is 2.84. The molecule has 1 atom stereocenters. The SMILES string of the molecule is CCOc1ccc(S(=O)(=O)N(C)C(C)CN)cc1Br. The smallest absolute Gasteiger partial charge is 0.243 e. The molecule has 1 unspecified atom stereocenters. The molecule has 1 rings (SSSR count). The summed E-state index contributed by atoms with van der Waals surface area (Å²) in [6.07, 6.45) is 0. The van der Waals surface area contributed by atoms with Gasteiger partial charge in [0, 0.05) is 19.6 Å². The van der Waals surface area contributed by atoms with Crippen molar-refractivity contribution in [3.63, 3.8) is 0 Å². The van der Waals surface area contributed by atoms with Crippen LogP contribution in [0, 0.1) is 0 Å². The monoisotopic (exact) mass is 350 g/mol. The first-order valence-corrected chi connectivity index (χ1v) is 8.18. The Morgan fingerprint density at radius 1 is 1.47 bits per heavy atom. The van der Waals surface area contributed by atoms with Gasteiger partial charge in [-0.2, -0.15) is 4.31 Å². The third-order valence-corrected chi connectivity index (χ3v) is 5.43. The van der Waals surface area contributed by atoms with Gasteiger partial charge in [-0.05, 0) is 48.0 Å². The average Bonchev–Trinajstić information content (AvgIpc) is 2.39. The van der Waals surface area contributed by atoms with E-state index in [9.17, 15) is 8.42 Å². The molecule has 5 nitrogen and oxygen atoms in total. The lowest BCUT2D eigenvalue weighted by Gasteiger charge is -2.23. The number of hydrogen-bond acceptors (Lipinski definition) is 4. The predicted octanol–water partition coefficient (Wildman–Crippen LogP) is 1.82. The highest BCUT2D eigenvalue weighted by molar-refractivity contribution is 9.10. The Bertz CT molecular complexity index is 534. The number of nitrogens with zero attached hydrogens (tertiary/aromatic N) is 1. The first kappa shape index (κ1) is 16.4. The zero-order chi connectivity index (χ0) is 14.6. The van der Waals surface area contributed by atoms with Gasteiger partial charge < -0.3 is 10.5 Å². The van der Waals surface area contributed by atoms with Gasteiger partial charge in [-0.1, -0.05) is 0 Å². The number of likely N-dealkylation sites (N-methyl/N-ethyl adjacent to an activating group) is 1. The second-order valence-corrected chi connectivity index (χ2v) is 6.98. The van der Waals surface area contributed by atoms with Gasteiger partial charge in [0.2, 0.25) is 10.0 Å². The summed E-state index contributed by atoms with van der Waals surface area (Å²) in [6.45, 7) is 4.43. The molecular formula is C12H19BrN2O3S. The molecule has 2 N–H and O–H groups in total. The van der Waals surface area contributed by atoms with E-state index in [0.717, 1.165) is 0 Å². The van der Waals surface area contributed by atoms with Crippen LogP contribution in [-0.2, 0) is 10.0 Å². The van der Waals surface area contributed by atoms with Gasteiger partial charge in [0.25, 0.3) is 0 Å². The highest BCUT2D eigenvalue weighted by Crippen LogP contribution is 2.29. The highest BCUT2D eigenvalue weighted by Gasteiger charge is 2.25. The maximum absolute atomic E-state index is 12.4. The van der Waals surface area contributed by atoms with E-state index in [4.69, 9.17) is 10.5 Å². The summed E-state index contributed by atoms with van der Waals surface area (Å²) in [5, 5.41) is 0. The number of nitrogens with two attached hydrogens (primary N) is 1. The zero-order valence-corrected chi connectivity index (χ0v) is 13.7. The van der Waals surface area contributed by atoms with Crippen LogP contribution in [0.5, 0.6) is 5.75 Å². The average molecular weight is 351 g/mol. The lowest BCUT2D eigenvalue weighted by molar-refractivity contribution is 0.337. The predicted molar refractivity (Wildman–Crippen MR) is 78.8 cm³/mol. The minimum atomic E-state index is -3.54. The molecule has 0 aromatic heterocycles. The van der Waals surface area contributed by atoms with Crippen molar-refractivity contribution in [3.8, 4) is 5.75 Å². The quantitative estimate of drug-likeness (QED) is 0.849. The molecule has 7 heteroatoms. The normalized spacial score (nSPS) is 13.6. The van der Waals surface area contributed by atoms with Crippen molar-refractivity contribution < 1.29 is 13.2 Å². The van der Waals surface area contributed by atoms with E-state index in [0.29, 0.717) is 16.8 Å². The standard InChI is InChI=1S/C12H19BrN2O3S/c1-4-18-12-6-5-10(7-11(12)13)19(16,17)15(3)9(2)8-14/h5-7,9H,4,8,14H2,1-3H3. The molecule has 0 aliphatic heterocycles. The molecular weight excluding hydrogens is 332 g/mol. The summed E-state index contributed by atoms with van der Waals surface area (Å²) in [5.41, 5.74) is 5.51. The van der Waals surface area contributed by atoms with Crippen LogP contribution in [0.2, 0.25) is 0 Å². The topological polar surface area (TPSA) is 72.6 Å². The van der Waals surface area contributed by atoms with Gasteiger partial charge >= 0.3 is 0 Å². The fourth-order valence-electron chi connectivity index (χ4n) is 1.47. The van der Waals surface area contributed by atoms with Gasteiger partial charge in [0.15, 0.2) is 0 Å². The summed E-state index contributed by atoms with van der Waals surface area (Å²) in [4.78, 5) is 0.214. The summed E-state index contributed by atoms with van der Waals surface area (Å²) in [6, 6.07) is 4.46. The van der Waals surface area contributed by atoms with Crippen LogP contribution in [0.15, 0.2) is 27.6 Å². The van der Waals surface area contributed by atoms with Crippen LogP contribution in [0.3, 0.4) is 0 Å². The van der Waals surface area contributed by atoms with E-state index in [-0.39, 0.29) is 17.5 Å². The first-order chi connectivity index (χ1) is 8.84. The molecule has 0 saturated carbocycles. The molecule has 0 heterocycles. The van der Waals surface area contributed by atoms with Crippen LogP contribution >= 0.6 is 15.9 Å². The van der Waals surface area contributed by atoms with Gasteiger partial charge in [-0.15, -0.1) is 0 Å². The first-order valence-electron chi connectivity index (χ1n) is 5.95. The largest absolute Gasteiger partial charge is 0.493 e. The molecule has 0 spiro atoms. The number of hydrogen-bond donors (Lipinski definition) is 1. The highest BCUT2D eigenvalue weighted by atomic mass is 79.9. The van der Waals surface area contributed by atoms with E-state index < -0.39 is 10.0 Å². The molecule has 1 aromatic rings. The van der Waals surface area contributed by atoms with E-state index >= 15 is 0 Å². The lowest BCUT2D eigenvalue weighted by atomic mass is 10.3. The Morgan fingerprint density at radius 2 is 2.11 bits per heavy atom. The van der Waals surface area contributed by atoms with Crippen LogP contribution < -0.4 is 10.5 Å². The summed E-state index contributed by atoms with van der Waals surface area (Å²) in [5.74, 6) is 0.621. The number of benzene rings is 1. The van der Waals surface area contributed by atoms with Crippen molar-refractivity contribution in [2.75, 3.05) is 20.2 Å². The van der Waals surface area contributed by atoms with Crippen LogP contribution in [-0.4, -0.2) is 39.0 Å². The summed E-state index contributed by atoms with van der Waals surface area (Å²) in [7, 11) is -2.01. The molecule has 0 amide bonds. The van der Waals surface area contributed by atoms with Crippen molar-refractivity contribution in [1.29, 1.82) is 0 Å². The Balaban J connectivity index is 3.12. The Labute approximate surface area is 122 Å². The van der Waals surface area contributed by atoms with Crippen LogP contribution in [0.4, 0.5) is 0 Å². The number of ether oxygens (including phenoxy) is 1. The van der Waals surface area contributed by atoms with Gasteiger partial charge in [-0.25, -0.2) is 8.42 Å². The molecule has 0 aliphatic rings. The number of rotatable bonds is 6. The third kappa shape index (κ3) is 3.68. The molecule has 108 valence electrons. The van der Waals surface area contributed by atoms with Crippen molar-refractivity contribution in [1.82, 2.24) is 4.31 Å². The minimum absolute atomic E-state index is 0.214. The zero-order valence-electron chi connectivity index (χ0n) is 11.3. The van der Waals surface area contributed by atoms with E-state index in [1.165, 1.54) is 17.4 Å². The fourth-order valence-corrected chi connectivity index (χ4v) is 3.51. The van der Waals surface area contributed by atoms with Gasteiger partial charge in [-0.3, -0.25) is 0 Å². The number of halogens is 1. The van der Waals surface area contributed by atoms with Crippen molar-refractivity contribution >= 4 is 26.0 Å². The van der Waals surface area contributed by atoms with E-state index in [1.54, 1.807) is 19.1 Å². The summed E-state index contributed by atoms with van der Waals surface area (Å²) < 4.78 is 32.0. The maximum Gasteiger partial charge on any atom is 0.243 e. The molecule has 0 radical (unpaired) electrons. The fraction of sp³-hybridized carbons (Fsp3) is 0.500. The Kier molecular flexibility index (Phi) is 5.79. The lowest BCUT2D eigenvalue weighted by Crippen LogP contribution is -2.39. The molecule has 1 aromatic carbocycles. The molecule has 0 bridgehead atoms. The van der Waals surface area contributed by atoms with Gasteiger partial charge in [0.1, 0.15) is 5.75 Å². The van der Waals surface area contributed by atoms with Crippen LogP contribution in [0.1, 0.15) is 13.8 Å². The molecule has 0 saturated heterocycles. The second kappa shape index (κ2) is 6.69. The van der Waals surface area contributed by atoms with Crippen molar-refractivity contribution in [2.24, 2.45) is 5.73 Å². The second-order valence-electron chi connectivity index (χ2n) is 4.13. The summed E-state index contributed by atoms with van der Waals surface area (Å²) >= 11 is 3.31. The van der Waals surface area contributed by atoms with Crippen LogP contribution in [0.25, 0.3) is 0 Å². The van der Waals surface area contributed by atoms with E-state index in [2.05, 4.69) is 15.9 Å². The number of sulfonamides is 1. The van der Waals surface area contributed by atoms with Crippen molar-refractivity contribution in [3.05, 3.63) is 22.7 Å². The molecule has 0 fully saturated rings. The maximum atomic E-state index is 12.4.